The molecule has 23 heavy (non-hydrogen) atoms. The lowest BCUT2D eigenvalue weighted by atomic mass is 10.0. The number of halogens is 1. The molecule has 1 aromatic rings. The van der Waals surface area contributed by atoms with E-state index in [0.717, 1.165) is 24.8 Å². The third-order valence-corrected chi connectivity index (χ3v) is 4.16. The average molecular weight is 338 g/mol. The molecule has 2 N–H and O–H groups in total. The summed E-state index contributed by atoms with van der Waals surface area (Å²) >= 11 is 5.93. The van der Waals surface area contributed by atoms with Crippen LogP contribution in [0.2, 0.25) is 5.02 Å². The molecule has 0 atom stereocenters. The van der Waals surface area contributed by atoms with Crippen molar-refractivity contribution in [3.05, 3.63) is 34.9 Å². The molecule has 1 aliphatic rings. The highest BCUT2D eigenvalue weighted by Gasteiger charge is 2.23. The number of rotatable bonds is 5. The zero-order chi connectivity index (χ0) is 16.7. The number of nitrogens with zero attached hydrogens (tertiary/aromatic N) is 1. The lowest BCUT2D eigenvalue weighted by Crippen LogP contribution is -2.49. The van der Waals surface area contributed by atoms with Crippen LogP contribution in [-0.2, 0) is 11.2 Å². The Morgan fingerprint density at radius 2 is 2.04 bits per heavy atom. The average Bonchev–Trinajstić information content (AvgIpc) is 2.53. The zero-order valence-electron chi connectivity index (χ0n) is 13.5. The Labute approximate surface area is 142 Å². The van der Waals surface area contributed by atoms with E-state index in [2.05, 4.69) is 10.6 Å². The van der Waals surface area contributed by atoms with Gasteiger partial charge in [-0.1, -0.05) is 30.7 Å². The van der Waals surface area contributed by atoms with Gasteiger partial charge in [0.1, 0.15) is 0 Å². The highest BCUT2D eigenvalue weighted by atomic mass is 35.5. The predicted molar refractivity (Wildman–Crippen MR) is 91.6 cm³/mol. The van der Waals surface area contributed by atoms with Crippen LogP contribution in [0, 0.1) is 0 Å². The minimum Gasteiger partial charge on any atom is -0.353 e. The van der Waals surface area contributed by atoms with Crippen molar-refractivity contribution < 1.29 is 9.59 Å². The Kier molecular flexibility index (Phi) is 6.71. The number of hydrogen-bond acceptors (Lipinski definition) is 2. The second-order valence-corrected chi connectivity index (χ2v) is 6.30. The molecule has 3 amide bonds. The molecule has 0 aromatic heterocycles. The molecule has 0 radical (unpaired) electrons. The van der Waals surface area contributed by atoms with Gasteiger partial charge in [0.2, 0.25) is 5.91 Å². The molecule has 0 saturated carbocycles. The van der Waals surface area contributed by atoms with Gasteiger partial charge in [0.15, 0.2) is 0 Å². The van der Waals surface area contributed by atoms with Crippen LogP contribution in [0.3, 0.4) is 0 Å². The van der Waals surface area contributed by atoms with E-state index in [-0.39, 0.29) is 18.0 Å². The molecule has 126 valence electrons. The van der Waals surface area contributed by atoms with Crippen LogP contribution in [0.4, 0.5) is 4.79 Å². The van der Waals surface area contributed by atoms with E-state index >= 15 is 0 Å². The second-order valence-electron chi connectivity index (χ2n) is 5.87. The van der Waals surface area contributed by atoms with Crippen LogP contribution in [0.15, 0.2) is 24.3 Å². The molecule has 1 heterocycles. The van der Waals surface area contributed by atoms with Gasteiger partial charge in [0, 0.05) is 30.7 Å². The van der Waals surface area contributed by atoms with Crippen molar-refractivity contribution in [3.8, 4) is 0 Å². The quantitative estimate of drug-likeness (QED) is 0.867. The summed E-state index contributed by atoms with van der Waals surface area (Å²) in [5.74, 6) is 0.00107. The predicted octanol–water partition coefficient (Wildman–Crippen LogP) is 2.58. The summed E-state index contributed by atoms with van der Waals surface area (Å²) in [6.45, 7) is 4.09. The summed E-state index contributed by atoms with van der Waals surface area (Å²) in [7, 11) is 0. The van der Waals surface area contributed by atoms with Crippen molar-refractivity contribution in [1.82, 2.24) is 15.5 Å². The molecule has 6 heteroatoms. The van der Waals surface area contributed by atoms with Gasteiger partial charge < -0.3 is 15.5 Å². The van der Waals surface area contributed by atoms with Gasteiger partial charge in [-0.15, -0.1) is 0 Å². The van der Waals surface area contributed by atoms with Crippen LogP contribution in [0.5, 0.6) is 0 Å². The van der Waals surface area contributed by atoms with E-state index in [1.807, 2.05) is 30.0 Å². The first-order chi connectivity index (χ1) is 11.1. The number of benzene rings is 1. The van der Waals surface area contributed by atoms with E-state index in [1.54, 1.807) is 6.07 Å². The SMILES string of the molecule is CCCNC(=O)N1CCC(NC(=O)Cc2cccc(Cl)c2)CC1. The van der Waals surface area contributed by atoms with Crippen molar-refractivity contribution in [1.29, 1.82) is 0 Å². The van der Waals surface area contributed by atoms with E-state index in [0.29, 0.717) is 31.1 Å². The summed E-state index contributed by atoms with van der Waals surface area (Å²) in [6, 6.07) is 7.47. The maximum atomic E-state index is 12.1. The first-order valence-corrected chi connectivity index (χ1v) is 8.53. The van der Waals surface area contributed by atoms with Crippen LogP contribution < -0.4 is 10.6 Å². The van der Waals surface area contributed by atoms with Crippen LogP contribution in [0.25, 0.3) is 0 Å². The Hall–Kier alpha value is -1.75. The Balaban J connectivity index is 1.73. The number of carbonyl (C=O) groups is 2. The third kappa shape index (κ3) is 5.75. The molecule has 1 saturated heterocycles. The van der Waals surface area contributed by atoms with E-state index < -0.39 is 0 Å². The topological polar surface area (TPSA) is 61.4 Å². The van der Waals surface area contributed by atoms with Crippen molar-refractivity contribution in [2.24, 2.45) is 0 Å². The van der Waals surface area contributed by atoms with Gasteiger partial charge in [-0.25, -0.2) is 4.79 Å². The molecular weight excluding hydrogens is 314 g/mol. The minimum atomic E-state index is -0.00412. The highest BCUT2D eigenvalue weighted by Crippen LogP contribution is 2.13. The summed E-state index contributed by atoms with van der Waals surface area (Å²) < 4.78 is 0. The van der Waals surface area contributed by atoms with Gasteiger partial charge >= 0.3 is 6.03 Å². The lowest BCUT2D eigenvalue weighted by molar-refractivity contribution is -0.121. The van der Waals surface area contributed by atoms with Gasteiger partial charge in [0.25, 0.3) is 0 Å². The number of piperidine rings is 1. The van der Waals surface area contributed by atoms with Crippen molar-refractivity contribution in [2.75, 3.05) is 19.6 Å². The number of amides is 3. The number of likely N-dealkylation sites (tertiary alicyclic amines) is 1. The van der Waals surface area contributed by atoms with Crippen molar-refractivity contribution in [2.45, 2.75) is 38.6 Å². The number of hydrogen-bond donors (Lipinski definition) is 2. The maximum Gasteiger partial charge on any atom is 0.317 e. The lowest BCUT2D eigenvalue weighted by Gasteiger charge is -2.32. The van der Waals surface area contributed by atoms with Crippen LogP contribution >= 0.6 is 11.6 Å². The molecule has 1 aliphatic heterocycles. The van der Waals surface area contributed by atoms with Gasteiger partial charge in [-0.05, 0) is 37.0 Å². The fourth-order valence-electron chi connectivity index (χ4n) is 2.68. The Morgan fingerprint density at radius 1 is 1.30 bits per heavy atom. The van der Waals surface area contributed by atoms with Gasteiger partial charge in [0.05, 0.1) is 6.42 Å². The molecule has 0 bridgehead atoms. The summed E-state index contributed by atoms with van der Waals surface area (Å²) in [4.78, 5) is 25.8. The fraction of sp³-hybridized carbons (Fsp3) is 0.529. The minimum absolute atomic E-state index is 0.00107. The molecule has 1 fully saturated rings. The Bertz CT molecular complexity index is 542. The summed E-state index contributed by atoms with van der Waals surface area (Å²) in [5.41, 5.74) is 0.909. The molecule has 0 unspecified atom stereocenters. The van der Waals surface area contributed by atoms with Crippen LogP contribution in [0.1, 0.15) is 31.7 Å². The fourth-order valence-corrected chi connectivity index (χ4v) is 2.89. The third-order valence-electron chi connectivity index (χ3n) is 3.93. The monoisotopic (exact) mass is 337 g/mol. The largest absolute Gasteiger partial charge is 0.353 e. The zero-order valence-corrected chi connectivity index (χ0v) is 14.2. The number of carbonyl (C=O) groups excluding carboxylic acids is 2. The van der Waals surface area contributed by atoms with E-state index in [1.165, 1.54) is 0 Å². The normalized spacial score (nSPS) is 15.3. The molecule has 5 nitrogen and oxygen atoms in total. The standard InChI is InChI=1S/C17H24ClN3O2/c1-2-8-19-17(23)21-9-6-15(7-10-21)20-16(22)12-13-4-3-5-14(18)11-13/h3-5,11,15H,2,6-10,12H2,1H3,(H,19,23)(H,20,22). The Morgan fingerprint density at radius 3 is 2.70 bits per heavy atom. The first kappa shape index (κ1) is 17.6. The van der Waals surface area contributed by atoms with Gasteiger partial charge in [-0.3, -0.25) is 4.79 Å². The number of urea groups is 1. The van der Waals surface area contributed by atoms with Crippen LogP contribution in [-0.4, -0.2) is 42.5 Å². The van der Waals surface area contributed by atoms with E-state index in [9.17, 15) is 9.59 Å². The molecule has 1 aromatic carbocycles. The molecule has 2 rings (SSSR count). The maximum absolute atomic E-state index is 12.1. The van der Waals surface area contributed by atoms with E-state index in [4.69, 9.17) is 11.6 Å². The molecule has 0 spiro atoms. The number of nitrogens with one attached hydrogen (secondary N) is 2. The highest BCUT2D eigenvalue weighted by molar-refractivity contribution is 6.30. The molecule has 0 aliphatic carbocycles. The molecular formula is C17H24ClN3O2. The summed E-state index contributed by atoms with van der Waals surface area (Å²) in [6.07, 6.45) is 2.85. The van der Waals surface area contributed by atoms with Crippen molar-refractivity contribution in [3.63, 3.8) is 0 Å². The summed E-state index contributed by atoms with van der Waals surface area (Å²) in [5, 5.41) is 6.57. The smallest absolute Gasteiger partial charge is 0.317 e. The van der Waals surface area contributed by atoms with Gasteiger partial charge in [-0.2, -0.15) is 0 Å². The first-order valence-electron chi connectivity index (χ1n) is 8.15. The second kappa shape index (κ2) is 8.77. The van der Waals surface area contributed by atoms with Crippen molar-refractivity contribution >= 4 is 23.5 Å².